The molecule has 2 heteroatoms. The average molecular weight is 321 g/mol. The van der Waals surface area contributed by atoms with Crippen molar-refractivity contribution in [3.8, 4) is 0 Å². The molecule has 0 radical (unpaired) electrons. The van der Waals surface area contributed by atoms with E-state index < -0.39 is 0 Å². The van der Waals surface area contributed by atoms with Crippen LogP contribution in [0.3, 0.4) is 0 Å². The van der Waals surface area contributed by atoms with Crippen LogP contribution in [0.1, 0.15) is 39.2 Å². The largest absolute Gasteiger partial charge is 0.292 e. The molecule has 24 heavy (non-hydrogen) atoms. The average Bonchev–Trinajstić information content (AvgIpc) is 2.94. The van der Waals surface area contributed by atoms with E-state index in [1.165, 1.54) is 16.9 Å². The van der Waals surface area contributed by atoms with E-state index in [2.05, 4.69) is 107 Å². The second kappa shape index (κ2) is 6.45. The summed E-state index contributed by atoms with van der Waals surface area (Å²) in [5, 5.41) is 0. The molecule has 126 valence electrons. The lowest BCUT2D eigenvalue weighted by molar-refractivity contribution is 0.280. The van der Waals surface area contributed by atoms with Crippen LogP contribution < -0.4 is 9.38 Å². The second-order valence-corrected chi connectivity index (χ2v) is 7.56. The monoisotopic (exact) mass is 321 g/mol. The van der Waals surface area contributed by atoms with Crippen LogP contribution in [0.2, 0.25) is 0 Å². The molecule has 0 N–H and O–H groups in total. The predicted octanol–water partition coefficient (Wildman–Crippen LogP) is 5.72. The molecule has 3 rings (SSSR count). The van der Waals surface area contributed by atoms with Crippen LogP contribution in [0.25, 0.3) is 0 Å². The highest BCUT2D eigenvalue weighted by molar-refractivity contribution is 5.61. The molecule has 1 aliphatic rings. The topological polar surface area (TPSA) is 3.24 Å². The highest BCUT2D eigenvalue weighted by Crippen LogP contribution is 2.41. The number of anilines is 1. The van der Waals surface area contributed by atoms with E-state index in [0.29, 0.717) is 18.0 Å². The molecule has 0 saturated carbocycles. The molecule has 1 heterocycles. The van der Waals surface area contributed by atoms with Gasteiger partial charge in [-0.1, -0.05) is 64.1 Å². The van der Waals surface area contributed by atoms with Gasteiger partial charge in [-0.15, -0.1) is 0 Å². The highest BCUT2D eigenvalue weighted by Gasteiger charge is 2.45. The van der Waals surface area contributed by atoms with E-state index >= 15 is 0 Å². The molecule has 2 atom stereocenters. The molecule has 0 bridgehead atoms. The number of para-hydroxylation sites is 2. The zero-order valence-electron chi connectivity index (χ0n) is 15.5. The molecule has 0 amide bonds. The summed E-state index contributed by atoms with van der Waals surface area (Å²) in [5.74, 6) is 1.04. The van der Waals surface area contributed by atoms with Crippen LogP contribution in [0.4, 0.5) is 11.4 Å². The quantitative estimate of drug-likeness (QED) is 0.651. The number of hydrogen-bond acceptors (Lipinski definition) is 1. The minimum Gasteiger partial charge on any atom is -0.292 e. The van der Waals surface area contributed by atoms with E-state index in [1.807, 2.05) is 0 Å². The maximum Gasteiger partial charge on any atom is 0.179 e. The number of hydrogen-bond donors (Lipinski definition) is 0. The van der Waals surface area contributed by atoms with E-state index in [4.69, 9.17) is 0 Å². The lowest BCUT2D eigenvalue weighted by Crippen LogP contribution is -2.55. The van der Waals surface area contributed by atoms with Gasteiger partial charge in [-0.05, 0) is 24.1 Å². The van der Waals surface area contributed by atoms with Gasteiger partial charge >= 0.3 is 0 Å². The van der Waals surface area contributed by atoms with Crippen molar-refractivity contribution in [2.45, 2.75) is 39.8 Å². The molecule has 0 aromatic heterocycles. The Morgan fingerprint density at radius 3 is 2.12 bits per heavy atom. The Bertz CT molecular complexity index is 718. The fourth-order valence-electron chi connectivity index (χ4n) is 4.06. The van der Waals surface area contributed by atoms with Crippen LogP contribution in [0.5, 0.6) is 0 Å². The zero-order valence-corrected chi connectivity index (χ0v) is 15.5. The first-order chi connectivity index (χ1) is 11.4. The van der Waals surface area contributed by atoms with Crippen molar-refractivity contribution in [2.24, 2.45) is 5.92 Å². The van der Waals surface area contributed by atoms with Gasteiger partial charge in [-0.25, -0.2) is 4.48 Å². The molecule has 0 fully saturated rings. The van der Waals surface area contributed by atoms with E-state index in [0.717, 1.165) is 4.48 Å². The van der Waals surface area contributed by atoms with E-state index in [-0.39, 0.29) is 0 Å². The fraction of sp³-hybridized carbons (Fsp3) is 0.364. The summed E-state index contributed by atoms with van der Waals surface area (Å²) in [6.07, 6.45) is 4.96. The Kier molecular flexibility index (Phi) is 4.51. The van der Waals surface area contributed by atoms with Gasteiger partial charge in [0.05, 0.1) is 13.2 Å². The maximum absolute atomic E-state index is 2.43. The molecular weight excluding hydrogens is 292 g/mol. The molecule has 1 aliphatic heterocycles. The standard InChI is InChI=1S/C22H29N2/c1-17(2)20-13-9-10-14-21(20)24(5)16-15-23(22(24)18(3)4)19-11-7-6-8-12-19/h6-18,22H,1-5H3/q+1. The van der Waals surface area contributed by atoms with Crippen molar-refractivity contribution < 1.29 is 0 Å². The van der Waals surface area contributed by atoms with Crippen LogP contribution >= 0.6 is 0 Å². The number of nitrogens with zero attached hydrogens (tertiary/aromatic N) is 2. The lowest BCUT2D eigenvalue weighted by Gasteiger charge is -2.41. The lowest BCUT2D eigenvalue weighted by atomic mass is 9.97. The van der Waals surface area contributed by atoms with Gasteiger partial charge < -0.3 is 0 Å². The Morgan fingerprint density at radius 1 is 0.875 bits per heavy atom. The minimum atomic E-state index is 0.354. The maximum atomic E-state index is 2.43. The molecular formula is C22H29N2+. The molecule has 0 saturated heterocycles. The third-order valence-electron chi connectivity index (χ3n) is 5.10. The Balaban J connectivity index is 2.09. The number of benzene rings is 2. The second-order valence-electron chi connectivity index (χ2n) is 7.56. The molecule has 2 nitrogen and oxygen atoms in total. The first kappa shape index (κ1) is 16.8. The molecule has 2 unspecified atom stereocenters. The summed E-state index contributed by atoms with van der Waals surface area (Å²) in [5.41, 5.74) is 4.10. The van der Waals surface area contributed by atoms with Gasteiger partial charge in [0.25, 0.3) is 0 Å². The van der Waals surface area contributed by atoms with Gasteiger partial charge in [-0.3, -0.25) is 4.90 Å². The number of rotatable bonds is 4. The summed E-state index contributed by atoms with van der Waals surface area (Å²) < 4.78 is 0.820. The van der Waals surface area contributed by atoms with Crippen LogP contribution in [-0.2, 0) is 0 Å². The number of quaternary nitrogens is 1. The van der Waals surface area contributed by atoms with Crippen molar-refractivity contribution in [3.63, 3.8) is 0 Å². The van der Waals surface area contributed by atoms with E-state index in [1.54, 1.807) is 0 Å². The summed E-state index contributed by atoms with van der Waals surface area (Å²) >= 11 is 0. The molecule has 2 aromatic rings. The van der Waals surface area contributed by atoms with Crippen molar-refractivity contribution in [3.05, 3.63) is 72.6 Å². The van der Waals surface area contributed by atoms with Gasteiger partial charge in [-0.2, -0.15) is 0 Å². The fourth-order valence-corrected chi connectivity index (χ4v) is 4.06. The van der Waals surface area contributed by atoms with Crippen molar-refractivity contribution in [1.82, 2.24) is 4.48 Å². The summed E-state index contributed by atoms with van der Waals surface area (Å²) in [7, 11) is 2.34. The third kappa shape index (κ3) is 2.76. The van der Waals surface area contributed by atoms with Crippen molar-refractivity contribution in [1.29, 1.82) is 0 Å². The third-order valence-corrected chi connectivity index (χ3v) is 5.10. The van der Waals surface area contributed by atoms with Crippen LogP contribution in [0.15, 0.2) is 67.0 Å². The molecule has 0 aliphatic carbocycles. The first-order valence-corrected chi connectivity index (χ1v) is 8.93. The summed E-state index contributed by atoms with van der Waals surface area (Å²) in [6.45, 7) is 9.21. The summed E-state index contributed by atoms with van der Waals surface area (Å²) in [4.78, 5) is 2.43. The van der Waals surface area contributed by atoms with Gasteiger partial charge in [0.15, 0.2) is 6.17 Å². The highest BCUT2D eigenvalue weighted by atomic mass is 15.5. The Hall–Kier alpha value is -2.06. The van der Waals surface area contributed by atoms with Gasteiger partial charge in [0.1, 0.15) is 11.9 Å². The Morgan fingerprint density at radius 2 is 1.50 bits per heavy atom. The predicted molar refractivity (Wildman–Crippen MR) is 105 cm³/mol. The van der Waals surface area contributed by atoms with Gasteiger partial charge in [0.2, 0.25) is 0 Å². The smallest absolute Gasteiger partial charge is 0.179 e. The zero-order chi connectivity index (χ0) is 17.3. The van der Waals surface area contributed by atoms with Gasteiger partial charge in [0, 0.05) is 17.2 Å². The molecule has 0 spiro atoms. The molecule has 2 aromatic carbocycles. The van der Waals surface area contributed by atoms with Crippen LogP contribution in [-0.4, -0.2) is 13.2 Å². The SMILES string of the molecule is CC(C)c1ccccc1[N+]1(C)C=CN(c2ccccc2)C1C(C)C. The minimum absolute atomic E-state index is 0.354. The normalized spacial score (nSPS) is 23.5. The summed E-state index contributed by atoms with van der Waals surface area (Å²) in [6, 6.07) is 19.6. The van der Waals surface area contributed by atoms with Crippen molar-refractivity contribution >= 4 is 11.4 Å². The van der Waals surface area contributed by atoms with Crippen molar-refractivity contribution in [2.75, 3.05) is 11.9 Å². The Labute approximate surface area is 146 Å². The first-order valence-electron chi connectivity index (χ1n) is 8.93. The van der Waals surface area contributed by atoms with Crippen LogP contribution in [0, 0.1) is 5.92 Å². The van der Waals surface area contributed by atoms with E-state index in [9.17, 15) is 0 Å².